The molecule has 0 bridgehead atoms. The van der Waals surface area contributed by atoms with E-state index < -0.39 is 100 Å². The highest BCUT2D eigenvalue weighted by Crippen LogP contribution is 2.46. The van der Waals surface area contributed by atoms with E-state index in [1.165, 1.54) is 0 Å². The van der Waals surface area contributed by atoms with Crippen LogP contribution in [0.15, 0.2) is 182 Å². The third-order valence-corrected chi connectivity index (χ3v) is 24.4. The lowest BCUT2D eigenvalue weighted by molar-refractivity contribution is -0.383. The zero-order chi connectivity index (χ0) is 65.1. The largest absolute Gasteiger partial charge is 0.411 e. The summed E-state index contributed by atoms with van der Waals surface area (Å²) in [5, 5.41) is -0.100. The van der Waals surface area contributed by atoms with Crippen LogP contribution >= 0.6 is 0 Å². The van der Waals surface area contributed by atoms with Crippen molar-refractivity contribution in [3.05, 3.63) is 215 Å². The highest BCUT2D eigenvalue weighted by molar-refractivity contribution is 6.74. The van der Waals surface area contributed by atoms with Crippen molar-refractivity contribution in [3.8, 4) is 0 Å². The molecule has 93 heavy (non-hydrogen) atoms. The Balaban J connectivity index is 0.920. The first-order chi connectivity index (χ1) is 45.0. The van der Waals surface area contributed by atoms with Gasteiger partial charge in [0.05, 0.1) is 89.5 Å². The quantitative estimate of drug-likeness (QED) is 0.0476. The van der Waals surface area contributed by atoms with Crippen molar-refractivity contribution in [1.82, 2.24) is 0 Å². The maximum absolute atomic E-state index is 7.63. The number of hydrogen-bond donors (Lipinski definition) is 0. The Labute approximate surface area is 553 Å². The standard InChI is InChI=1S/C77H100O15Si/c1-50-54(5)85-63(48-84-76-72(82-46-60-38-26-16-27-39-60)66(51(2)55(6)86-76)80-44-58-34-22-14-23-35-58)70(65(50)79-43-57-32-20-13-21-33-57)90-73-52(3)67(81-45-59-36-24-15-25-37-59)69(62(87-73)47-78-42-56-30-18-12-19-31-56)89-74-53(4)68(92-93(10,11)77(7,8)9)71-64(88-74)49-83-75(91-71)61-40-28-17-29-41-61/h12-41,50-55,62-76H,42-49H2,1-11H3. The van der Waals surface area contributed by atoms with Crippen LogP contribution in [-0.4, -0.2) is 126 Å². The van der Waals surface area contributed by atoms with Gasteiger partial charge in [0.1, 0.15) is 42.7 Å². The fourth-order valence-electron chi connectivity index (χ4n) is 13.0. The van der Waals surface area contributed by atoms with E-state index >= 15 is 0 Å². The number of benzene rings is 6. The zero-order valence-electron chi connectivity index (χ0n) is 56.2. The number of hydrogen-bond acceptors (Lipinski definition) is 15. The third-order valence-electron chi connectivity index (χ3n) is 20.0. The summed E-state index contributed by atoms with van der Waals surface area (Å²) < 4.78 is 107. The molecule has 15 nitrogen and oxygen atoms in total. The fraction of sp³-hybridized carbons (Fsp3) is 0.532. The summed E-state index contributed by atoms with van der Waals surface area (Å²) in [6.45, 7) is 26.2. The van der Waals surface area contributed by atoms with E-state index in [1.807, 2.05) is 121 Å². The predicted octanol–water partition coefficient (Wildman–Crippen LogP) is 14.4. The van der Waals surface area contributed by atoms with Crippen LogP contribution in [0.1, 0.15) is 102 Å². The van der Waals surface area contributed by atoms with Crippen molar-refractivity contribution in [2.75, 3.05) is 19.8 Å². The third kappa shape index (κ3) is 17.6. The molecule has 21 unspecified atom stereocenters. The molecule has 0 radical (unpaired) electrons. The monoisotopic (exact) mass is 1290 g/mol. The zero-order valence-corrected chi connectivity index (χ0v) is 57.2. The Morgan fingerprint density at radius 1 is 0.387 bits per heavy atom. The van der Waals surface area contributed by atoms with E-state index in [9.17, 15) is 0 Å². The van der Waals surface area contributed by atoms with Gasteiger partial charge in [0, 0.05) is 29.2 Å². The van der Waals surface area contributed by atoms with E-state index in [2.05, 4.69) is 136 Å². The minimum atomic E-state index is -2.44. The van der Waals surface area contributed by atoms with Crippen molar-refractivity contribution in [2.24, 2.45) is 23.7 Å². The van der Waals surface area contributed by atoms with Crippen LogP contribution in [0, 0.1) is 23.7 Å². The molecule has 6 aromatic rings. The topological polar surface area (TPSA) is 138 Å². The van der Waals surface area contributed by atoms with E-state index in [0.717, 1.165) is 33.4 Å². The molecule has 0 aromatic heterocycles. The second-order valence-electron chi connectivity index (χ2n) is 27.7. The average Bonchev–Trinajstić information content (AvgIpc) is 0.776. The molecule has 0 spiro atoms. The van der Waals surface area contributed by atoms with Gasteiger partial charge in [-0.3, -0.25) is 0 Å². The highest BCUT2D eigenvalue weighted by atomic mass is 28.4. The van der Waals surface area contributed by atoms with E-state index in [0.29, 0.717) is 26.4 Å². The van der Waals surface area contributed by atoms with Crippen LogP contribution in [0.5, 0.6) is 0 Å². The average molecular weight is 1290 g/mol. The van der Waals surface area contributed by atoms with Crippen LogP contribution < -0.4 is 0 Å². The molecule has 6 aromatic carbocycles. The number of ether oxygens (including phenoxy) is 14. The fourth-order valence-corrected chi connectivity index (χ4v) is 14.4. The molecule has 0 amide bonds. The van der Waals surface area contributed by atoms with Crippen LogP contribution in [0.2, 0.25) is 18.1 Å². The molecule has 5 aliphatic rings. The summed E-state index contributed by atoms with van der Waals surface area (Å²) in [7, 11) is -2.44. The number of fused-ring (bicyclic) bond motifs is 1. The Morgan fingerprint density at radius 2 is 0.785 bits per heavy atom. The van der Waals surface area contributed by atoms with Gasteiger partial charge in [0.15, 0.2) is 33.5 Å². The minimum Gasteiger partial charge on any atom is -0.411 e. The van der Waals surface area contributed by atoms with Gasteiger partial charge >= 0.3 is 0 Å². The molecule has 502 valence electrons. The molecule has 0 saturated carbocycles. The van der Waals surface area contributed by atoms with Crippen LogP contribution in [0.25, 0.3) is 0 Å². The van der Waals surface area contributed by atoms with Crippen LogP contribution in [-0.2, 0) is 104 Å². The Bertz CT molecular complexity index is 3130. The SMILES string of the molecule is CC1OC(COC2OC(C)C(C)C(OCc3ccccc3)C2OCc2ccccc2)C(OC2OC(COCc3ccccc3)C(OC3OC4COC(c5ccccc5)OC4C(O[Si](C)(C)C(C)(C)C)C3C)C(OCc3ccccc3)C2C)C(OCc2ccccc2)C1C. The van der Waals surface area contributed by atoms with Crippen molar-refractivity contribution in [1.29, 1.82) is 0 Å². The molecule has 5 saturated heterocycles. The minimum absolute atomic E-state index is 0.0303. The normalized spacial score (nSPS) is 33.4. The van der Waals surface area contributed by atoms with Crippen LogP contribution in [0.3, 0.4) is 0 Å². The van der Waals surface area contributed by atoms with E-state index in [-0.39, 0.29) is 67.5 Å². The summed E-state index contributed by atoms with van der Waals surface area (Å²) in [6, 6.07) is 61.0. The Kier molecular flexibility index (Phi) is 24.1. The summed E-state index contributed by atoms with van der Waals surface area (Å²) in [6.07, 6.45) is -10.0. The second kappa shape index (κ2) is 32.3. The van der Waals surface area contributed by atoms with Gasteiger partial charge in [-0.15, -0.1) is 0 Å². The van der Waals surface area contributed by atoms with Crippen molar-refractivity contribution in [2.45, 2.75) is 218 Å². The molecule has 5 fully saturated rings. The van der Waals surface area contributed by atoms with Crippen molar-refractivity contribution < 1.29 is 70.7 Å². The molecular formula is C77H100O15Si. The van der Waals surface area contributed by atoms with Gasteiger partial charge in [-0.05, 0) is 59.8 Å². The first-order valence-corrected chi connectivity index (χ1v) is 36.7. The van der Waals surface area contributed by atoms with Gasteiger partial charge in [-0.2, -0.15) is 0 Å². The smallest absolute Gasteiger partial charge is 0.192 e. The summed E-state index contributed by atoms with van der Waals surface area (Å²) in [5.41, 5.74) is 6.09. The summed E-state index contributed by atoms with van der Waals surface area (Å²) >= 11 is 0. The van der Waals surface area contributed by atoms with Gasteiger partial charge in [-0.1, -0.05) is 230 Å². The second-order valence-corrected chi connectivity index (χ2v) is 32.5. The highest BCUT2D eigenvalue weighted by Gasteiger charge is 2.57. The first kappa shape index (κ1) is 69.3. The Hall–Kier alpha value is -5.06. The van der Waals surface area contributed by atoms with Crippen LogP contribution in [0.4, 0.5) is 0 Å². The van der Waals surface area contributed by atoms with Crippen molar-refractivity contribution in [3.63, 3.8) is 0 Å². The van der Waals surface area contributed by atoms with Gasteiger partial charge in [0.2, 0.25) is 0 Å². The molecular weight excluding hydrogens is 1190 g/mol. The molecule has 0 N–H and O–H groups in total. The van der Waals surface area contributed by atoms with Gasteiger partial charge in [0.25, 0.3) is 0 Å². The maximum atomic E-state index is 7.63. The lowest BCUT2D eigenvalue weighted by Gasteiger charge is -2.53. The maximum Gasteiger partial charge on any atom is 0.192 e. The predicted molar refractivity (Wildman–Crippen MR) is 357 cm³/mol. The molecule has 5 heterocycles. The first-order valence-electron chi connectivity index (χ1n) is 33.8. The number of rotatable bonds is 26. The molecule has 0 aliphatic carbocycles. The lowest BCUT2D eigenvalue weighted by atomic mass is 9.87. The molecule has 16 heteroatoms. The molecule has 11 rings (SSSR count). The van der Waals surface area contributed by atoms with E-state index in [4.69, 9.17) is 70.7 Å². The summed E-state index contributed by atoms with van der Waals surface area (Å²) in [4.78, 5) is 0. The lowest BCUT2D eigenvalue weighted by Crippen LogP contribution is -2.65. The Morgan fingerprint density at radius 3 is 1.27 bits per heavy atom. The molecule has 5 aliphatic heterocycles. The van der Waals surface area contributed by atoms with E-state index in [1.54, 1.807) is 0 Å². The van der Waals surface area contributed by atoms with Crippen molar-refractivity contribution >= 4 is 8.32 Å². The van der Waals surface area contributed by atoms with Gasteiger partial charge in [-0.25, -0.2) is 0 Å². The summed E-state index contributed by atoms with van der Waals surface area (Å²) in [5.74, 6) is -0.941. The van der Waals surface area contributed by atoms with Gasteiger partial charge < -0.3 is 70.7 Å². The molecule has 21 atom stereocenters.